The van der Waals surface area contributed by atoms with Crippen molar-refractivity contribution in [3.8, 4) is 11.8 Å². The van der Waals surface area contributed by atoms with Crippen molar-refractivity contribution < 1.29 is 19.5 Å². The predicted molar refractivity (Wildman–Crippen MR) is 96.5 cm³/mol. The van der Waals surface area contributed by atoms with Gasteiger partial charge >= 0.3 is 6.01 Å². The van der Waals surface area contributed by atoms with Crippen LogP contribution in [-0.4, -0.2) is 56.7 Å². The molecule has 9 nitrogen and oxygen atoms in total. The maximum Gasteiger partial charge on any atom is 0.341 e. The van der Waals surface area contributed by atoms with Crippen LogP contribution in [-0.2, 0) is 16.0 Å². The molecule has 4 atom stereocenters. The van der Waals surface area contributed by atoms with Gasteiger partial charge in [0.05, 0.1) is 12.3 Å². The van der Waals surface area contributed by atoms with Crippen molar-refractivity contribution >= 4 is 0 Å². The van der Waals surface area contributed by atoms with Crippen LogP contribution in [0.2, 0.25) is 0 Å². The van der Waals surface area contributed by atoms with E-state index < -0.39 is 0 Å². The van der Waals surface area contributed by atoms with E-state index in [0.29, 0.717) is 25.0 Å². The number of aromatic nitrogens is 5. The summed E-state index contributed by atoms with van der Waals surface area (Å²) in [5, 5.41) is 14.2. The number of hydrogen-bond acceptors (Lipinski definition) is 7. The number of benzene rings is 1. The zero-order valence-electron chi connectivity index (χ0n) is 15.2. The molecule has 2 fully saturated rings. The molecule has 28 heavy (non-hydrogen) atoms. The lowest BCUT2D eigenvalue weighted by Gasteiger charge is -2.16. The summed E-state index contributed by atoms with van der Waals surface area (Å²) >= 11 is 0. The number of para-hydroxylation sites is 1. The van der Waals surface area contributed by atoms with Gasteiger partial charge in [0.15, 0.2) is 0 Å². The molecule has 0 spiro atoms. The number of rotatable bonds is 6. The van der Waals surface area contributed by atoms with Crippen LogP contribution in [0, 0.1) is 0 Å². The van der Waals surface area contributed by atoms with Gasteiger partial charge < -0.3 is 19.5 Å². The van der Waals surface area contributed by atoms with Crippen molar-refractivity contribution in [3.63, 3.8) is 0 Å². The van der Waals surface area contributed by atoms with Gasteiger partial charge in [0.2, 0.25) is 0 Å². The molecule has 5 rings (SSSR count). The minimum atomic E-state index is -0.119. The van der Waals surface area contributed by atoms with Crippen LogP contribution in [0.3, 0.4) is 0 Å². The number of pyridine rings is 1. The van der Waals surface area contributed by atoms with Gasteiger partial charge in [-0.3, -0.25) is 4.98 Å². The first-order chi connectivity index (χ1) is 13.9. The average Bonchev–Trinajstić information content (AvgIpc) is 3.45. The molecule has 0 aliphatic carbocycles. The number of nitrogens with two attached hydrogens (primary N) is 1. The van der Waals surface area contributed by atoms with E-state index in [-0.39, 0.29) is 24.3 Å². The third-order valence-corrected chi connectivity index (χ3v) is 5.15. The number of fused-ring (bicyclic) bond motifs is 1. The Morgan fingerprint density at radius 1 is 1.04 bits per heavy atom. The summed E-state index contributed by atoms with van der Waals surface area (Å²) in [6.07, 6.45) is 1.69. The van der Waals surface area contributed by atoms with Crippen LogP contribution in [0.4, 0.5) is 0 Å². The molecule has 0 amide bonds. The first-order valence-electron chi connectivity index (χ1n) is 9.36. The fourth-order valence-electron chi connectivity index (χ4n) is 3.77. The maximum atomic E-state index is 6.07. The number of ether oxygens (including phenoxy) is 3. The lowest BCUT2D eigenvalue weighted by molar-refractivity contribution is -0.708. The second-order valence-electron chi connectivity index (χ2n) is 6.91. The highest BCUT2D eigenvalue weighted by atomic mass is 16.6. The summed E-state index contributed by atoms with van der Waals surface area (Å²) in [5.41, 5.74) is 1.04. The molecule has 2 aliphatic heterocycles. The molecule has 144 valence electrons. The summed E-state index contributed by atoms with van der Waals surface area (Å²) in [7, 11) is 0. The molecule has 4 heterocycles. The zero-order chi connectivity index (χ0) is 18.8. The molecule has 0 radical (unpaired) electrons. The molecule has 0 unspecified atom stereocenters. The van der Waals surface area contributed by atoms with Gasteiger partial charge in [0.1, 0.15) is 43.2 Å². The number of tetrazole rings is 1. The Labute approximate surface area is 161 Å². The predicted octanol–water partition coefficient (Wildman–Crippen LogP) is 0.331. The van der Waals surface area contributed by atoms with Crippen molar-refractivity contribution in [2.45, 2.75) is 30.8 Å². The second kappa shape index (κ2) is 7.63. The minimum Gasteiger partial charge on any atom is -0.423 e. The van der Waals surface area contributed by atoms with E-state index in [9.17, 15) is 0 Å². The van der Waals surface area contributed by atoms with Crippen molar-refractivity contribution in [3.05, 3.63) is 60.4 Å². The van der Waals surface area contributed by atoms with E-state index >= 15 is 0 Å². The standard InChI is InChI=1S/C19H20N6O3/c1-2-7-14(8-3-1)28-19-22-23-24-25(19)16-12-27-17-15(11-26-18(16)17)21-10-13-6-4-5-9-20-13/h1-9,15-18,21H,10-12H2/p+1/t15-,16-,17+,18+/m0/s1. The van der Waals surface area contributed by atoms with Crippen LogP contribution < -0.4 is 10.1 Å². The maximum absolute atomic E-state index is 6.07. The first-order valence-corrected chi connectivity index (χ1v) is 9.36. The van der Waals surface area contributed by atoms with Gasteiger partial charge in [-0.2, -0.15) is 4.68 Å². The number of quaternary nitrogens is 1. The van der Waals surface area contributed by atoms with Crippen LogP contribution in [0.15, 0.2) is 54.7 Å². The molecule has 2 aromatic heterocycles. The Hall–Kier alpha value is -2.88. The van der Waals surface area contributed by atoms with Crippen LogP contribution in [0.25, 0.3) is 0 Å². The molecule has 2 aliphatic rings. The average molecular weight is 381 g/mol. The van der Waals surface area contributed by atoms with E-state index in [4.69, 9.17) is 14.2 Å². The highest BCUT2D eigenvalue weighted by Crippen LogP contribution is 2.35. The summed E-state index contributed by atoms with van der Waals surface area (Å²) in [5.74, 6) is 0.683. The number of nitrogens with zero attached hydrogens (tertiary/aromatic N) is 5. The second-order valence-corrected chi connectivity index (χ2v) is 6.91. The largest absolute Gasteiger partial charge is 0.423 e. The highest BCUT2D eigenvalue weighted by Gasteiger charge is 2.51. The molecular weight excluding hydrogens is 360 g/mol. The van der Waals surface area contributed by atoms with Gasteiger partial charge in [0.25, 0.3) is 0 Å². The van der Waals surface area contributed by atoms with Gasteiger partial charge in [-0.05, 0) is 34.7 Å². The van der Waals surface area contributed by atoms with Crippen LogP contribution in [0.5, 0.6) is 11.8 Å². The van der Waals surface area contributed by atoms with E-state index in [0.717, 1.165) is 12.2 Å². The van der Waals surface area contributed by atoms with Crippen molar-refractivity contribution in [2.75, 3.05) is 13.2 Å². The summed E-state index contributed by atoms with van der Waals surface area (Å²) in [6, 6.07) is 15.8. The molecule has 2 N–H and O–H groups in total. The molecule has 1 aromatic carbocycles. The van der Waals surface area contributed by atoms with E-state index in [2.05, 4.69) is 25.8 Å². The monoisotopic (exact) mass is 381 g/mol. The zero-order valence-corrected chi connectivity index (χ0v) is 15.2. The Morgan fingerprint density at radius 2 is 1.89 bits per heavy atom. The fraction of sp³-hybridized carbons (Fsp3) is 0.368. The number of hydrogen-bond donors (Lipinski definition) is 1. The van der Waals surface area contributed by atoms with Crippen LogP contribution >= 0.6 is 0 Å². The molecular formula is C19H21N6O3+. The summed E-state index contributed by atoms with van der Waals surface area (Å²) in [6.45, 7) is 1.90. The van der Waals surface area contributed by atoms with Gasteiger partial charge in [-0.1, -0.05) is 29.4 Å². The van der Waals surface area contributed by atoms with E-state index in [1.807, 2.05) is 54.7 Å². The van der Waals surface area contributed by atoms with Gasteiger partial charge in [-0.25, -0.2) is 0 Å². The van der Waals surface area contributed by atoms with Crippen molar-refractivity contribution in [1.29, 1.82) is 0 Å². The van der Waals surface area contributed by atoms with Crippen molar-refractivity contribution in [2.24, 2.45) is 0 Å². The van der Waals surface area contributed by atoms with E-state index in [1.165, 1.54) is 0 Å². The lowest BCUT2D eigenvalue weighted by atomic mass is 10.1. The Balaban J connectivity index is 1.26. The van der Waals surface area contributed by atoms with Gasteiger partial charge in [0, 0.05) is 6.20 Å². The first kappa shape index (κ1) is 17.2. The molecule has 2 saturated heterocycles. The Kier molecular flexibility index (Phi) is 4.69. The molecule has 0 bridgehead atoms. The Morgan fingerprint density at radius 3 is 2.75 bits per heavy atom. The van der Waals surface area contributed by atoms with Crippen LogP contribution in [0.1, 0.15) is 11.7 Å². The Bertz CT molecular complexity index is 906. The third-order valence-electron chi connectivity index (χ3n) is 5.15. The highest BCUT2D eigenvalue weighted by molar-refractivity contribution is 5.24. The molecule has 3 aromatic rings. The lowest BCUT2D eigenvalue weighted by Crippen LogP contribution is -2.91. The topological polar surface area (TPSA) is 101 Å². The fourth-order valence-corrected chi connectivity index (χ4v) is 3.77. The van der Waals surface area contributed by atoms with Crippen molar-refractivity contribution in [1.82, 2.24) is 25.2 Å². The SMILES string of the molecule is c1ccc(Oc2nnnn2[C@H]2CO[C@H]3[C@@H]2OC[C@@H]3[NH2+]Cc2ccccn2)cc1. The normalized spacial score (nSPS) is 26.3. The smallest absolute Gasteiger partial charge is 0.341 e. The van der Waals surface area contributed by atoms with E-state index in [1.54, 1.807) is 4.68 Å². The summed E-state index contributed by atoms with van der Waals surface area (Å²) < 4.78 is 19.6. The quantitative estimate of drug-likeness (QED) is 0.657. The molecule has 9 heteroatoms. The minimum absolute atomic E-state index is 0.0116. The molecule has 0 saturated carbocycles. The third kappa shape index (κ3) is 3.35. The summed E-state index contributed by atoms with van der Waals surface area (Å²) in [4.78, 5) is 4.37. The van der Waals surface area contributed by atoms with Gasteiger partial charge in [-0.15, -0.1) is 0 Å².